The molecule has 1 heterocycles. The molecule has 4 N–H and O–H groups in total. The molecule has 2 atom stereocenters. The van der Waals surface area contributed by atoms with Gasteiger partial charge in [0.2, 0.25) is 5.91 Å². The highest BCUT2D eigenvalue weighted by Gasteiger charge is 2.27. The van der Waals surface area contributed by atoms with E-state index in [0.717, 1.165) is 12.8 Å². The molecule has 0 saturated carbocycles. The van der Waals surface area contributed by atoms with Crippen LogP contribution < -0.4 is 16.0 Å². The number of carbonyl (C=O) groups is 2. The van der Waals surface area contributed by atoms with E-state index in [1.165, 1.54) is 0 Å². The molecule has 1 amide bonds. The number of hydrogen-bond donors (Lipinski definition) is 4. The first-order chi connectivity index (χ1) is 7.13. The molecule has 1 aliphatic heterocycles. The molecule has 0 aromatic carbocycles. The number of rotatable bonds is 5. The van der Waals surface area contributed by atoms with Gasteiger partial charge < -0.3 is 21.1 Å². The standard InChI is InChI=1S/C9H17N3O3/c1-10-9(15)7-3-2-6(12-7)4-11-5-8(13)14/h6-7,11-12H,2-5H2,1H3,(H,10,15)(H,13,14). The summed E-state index contributed by atoms with van der Waals surface area (Å²) in [6.45, 7) is 0.544. The zero-order valence-corrected chi connectivity index (χ0v) is 8.75. The van der Waals surface area contributed by atoms with Crippen LogP contribution in [0.2, 0.25) is 0 Å². The van der Waals surface area contributed by atoms with Gasteiger partial charge in [0.15, 0.2) is 0 Å². The van der Waals surface area contributed by atoms with Crippen LogP contribution >= 0.6 is 0 Å². The number of hydrogen-bond acceptors (Lipinski definition) is 4. The van der Waals surface area contributed by atoms with Gasteiger partial charge in [0.25, 0.3) is 0 Å². The quantitative estimate of drug-likeness (QED) is 0.449. The Morgan fingerprint density at radius 3 is 2.80 bits per heavy atom. The van der Waals surface area contributed by atoms with Gasteiger partial charge in [-0.25, -0.2) is 0 Å². The molecule has 0 aromatic heterocycles. The lowest BCUT2D eigenvalue weighted by Crippen LogP contribution is -2.44. The Balaban J connectivity index is 2.19. The summed E-state index contributed by atoms with van der Waals surface area (Å²) in [6.07, 6.45) is 1.70. The van der Waals surface area contributed by atoms with Gasteiger partial charge in [-0.1, -0.05) is 0 Å². The van der Waals surface area contributed by atoms with E-state index in [2.05, 4.69) is 16.0 Å². The van der Waals surface area contributed by atoms with E-state index in [1.807, 2.05) is 0 Å². The lowest BCUT2D eigenvalue weighted by Gasteiger charge is -2.13. The molecule has 0 bridgehead atoms. The summed E-state index contributed by atoms with van der Waals surface area (Å²) >= 11 is 0. The van der Waals surface area contributed by atoms with E-state index < -0.39 is 5.97 Å². The number of amides is 1. The van der Waals surface area contributed by atoms with Crippen molar-refractivity contribution in [3.63, 3.8) is 0 Å². The summed E-state index contributed by atoms with van der Waals surface area (Å²) in [6, 6.07) is 0.0540. The Kier molecular flexibility index (Phi) is 4.51. The van der Waals surface area contributed by atoms with Crippen LogP contribution in [0.25, 0.3) is 0 Å². The second kappa shape index (κ2) is 5.67. The van der Waals surface area contributed by atoms with E-state index in [1.54, 1.807) is 7.05 Å². The van der Waals surface area contributed by atoms with Crippen LogP contribution in [0.4, 0.5) is 0 Å². The van der Waals surface area contributed by atoms with Gasteiger partial charge in [0, 0.05) is 19.6 Å². The van der Waals surface area contributed by atoms with Crippen molar-refractivity contribution in [1.82, 2.24) is 16.0 Å². The van der Waals surface area contributed by atoms with Gasteiger partial charge in [0.05, 0.1) is 12.6 Å². The summed E-state index contributed by atoms with van der Waals surface area (Å²) in [7, 11) is 1.61. The minimum absolute atomic E-state index is 0.00395. The number of aliphatic carboxylic acids is 1. The van der Waals surface area contributed by atoms with Gasteiger partial charge in [0.1, 0.15) is 0 Å². The van der Waals surface area contributed by atoms with E-state index in [9.17, 15) is 9.59 Å². The van der Waals surface area contributed by atoms with E-state index in [0.29, 0.717) is 6.54 Å². The van der Waals surface area contributed by atoms with Crippen molar-refractivity contribution in [3.8, 4) is 0 Å². The monoisotopic (exact) mass is 215 g/mol. The zero-order chi connectivity index (χ0) is 11.3. The van der Waals surface area contributed by atoms with E-state index >= 15 is 0 Å². The Bertz CT molecular complexity index is 245. The molecule has 1 rings (SSSR count). The molecular formula is C9H17N3O3. The maximum atomic E-state index is 11.3. The summed E-state index contributed by atoms with van der Waals surface area (Å²) in [5, 5.41) is 17.0. The third-order valence-corrected chi connectivity index (χ3v) is 2.47. The number of carboxylic acids is 1. The molecule has 86 valence electrons. The van der Waals surface area contributed by atoms with Crippen molar-refractivity contribution in [1.29, 1.82) is 0 Å². The average molecular weight is 215 g/mol. The minimum Gasteiger partial charge on any atom is -0.480 e. The predicted octanol–water partition coefficient (Wildman–Crippen LogP) is -1.47. The van der Waals surface area contributed by atoms with Gasteiger partial charge in [-0.2, -0.15) is 0 Å². The first-order valence-electron chi connectivity index (χ1n) is 5.03. The molecule has 0 aliphatic carbocycles. The number of carboxylic acid groups (broad SMARTS) is 1. The topological polar surface area (TPSA) is 90.5 Å². The Morgan fingerprint density at radius 1 is 1.47 bits per heavy atom. The highest BCUT2D eigenvalue weighted by Crippen LogP contribution is 2.11. The second-order valence-corrected chi connectivity index (χ2v) is 3.63. The summed E-state index contributed by atoms with van der Waals surface area (Å²) in [4.78, 5) is 21.5. The fourth-order valence-corrected chi connectivity index (χ4v) is 1.71. The Morgan fingerprint density at radius 2 is 2.20 bits per heavy atom. The van der Waals surface area contributed by atoms with Gasteiger partial charge >= 0.3 is 5.97 Å². The van der Waals surface area contributed by atoms with Gasteiger partial charge in [-0.3, -0.25) is 9.59 Å². The normalized spacial score (nSPS) is 25.1. The van der Waals surface area contributed by atoms with Crippen LogP contribution in [0.5, 0.6) is 0 Å². The lowest BCUT2D eigenvalue weighted by atomic mass is 10.2. The molecule has 2 unspecified atom stereocenters. The van der Waals surface area contributed by atoms with Crippen molar-refractivity contribution in [2.75, 3.05) is 20.1 Å². The summed E-state index contributed by atoms with van der Waals surface area (Å²) in [5.41, 5.74) is 0. The molecule has 0 radical (unpaired) electrons. The Hall–Kier alpha value is -1.14. The molecule has 1 aliphatic rings. The third kappa shape index (κ3) is 3.85. The van der Waals surface area contributed by atoms with E-state index in [4.69, 9.17) is 5.11 Å². The lowest BCUT2D eigenvalue weighted by molar-refractivity contribution is -0.136. The first-order valence-corrected chi connectivity index (χ1v) is 5.03. The third-order valence-electron chi connectivity index (χ3n) is 2.47. The first kappa shape index (κ1) is 11.9. The molecule has 0 aromatic rings. The molecular weight excluding hydrogens is 198 g/mol. The maximum absolute atomic E-state index is 11.3. The zero-order valence-electron chi connectivity index (χ0n) is 8.75. The predicted molar refractivity (Wildman–Crippen MR) is 54.5 cm³/mol. The van der Waals surface area contributed by atoms with Crippen molar-refractivity contribution in [2.24, 2.45) is 0 Å². The van der Waals surface area contributed by atoms with Crippen LogP contribution in [0.1, 0.15) is 12.8 Å². The second-order valence-electron chi connectivity index (χ2n) is 3.63. The molecule has 6 nitrogen and oxygen atoms in total. The van der Waals surface area contributed by atoms with Crippen molar-refractivity contribution >= 4 is 11.9 Å². The van der Waals surface area contributed by atoms with Crippen molar-refractivity contribution in [3.05, 3.63) is 0 Å². The van der Waals surface area contributed by atoms with Crippen LogP contribution in [-0.4, -0.2) is 49.2 Å². The summed E-state index contributed by atoms with van der Waals surface area (Å²) in [5.74, 6) is -0.869. The maximum Gasteiger partial charge on any atom is 0.317 e. The SMILES string of the molecule is CNC(=O)C1CCC(CNCC(=O)O)N1. The molecule has 0 spiro atoms. The number of carbonyl (C=O) groups excluding carboxylic acids is 1. The fourth-order valence-electron chi connectivity index (χ4n) is 1.71. The largest absolute Gasteiger partial charge is 0.480 e. The molecule has 1 saturated heterocycles. The van der Waals surface area contributed by atoms with Gasteiger partial charge in [-0.15, -0.1) is 0 Å². The highest BCUT2D eigenvalue weighted by atomic mass is 16.4. The number of nitrogens with one attached hydrogen (secondary N) is 3. The highest BCUT2D eigenvalue weighted by molar-refractivity contribution is 5.81. The minimum atomic E-state index is -0.865. The molecule has 6 heteroatoms. The van der Waals surface area contributed by atoms with Crippen molar-refractivity contribution < 1.29 is 14.7 Å². The van der Waals surface area contributed by atoms with Crippen molar-refractivity contribution in [2.45, 2.75) is 24.9 Å². The van der Waals surface area contributed by atoms with Gasteiger partial charge in [-0.05, 0) is 12.8 Å². The van der Waals surface area contributed by atoms with Crippen LogP contribution in [0.15, 0.2) is 0 Å². The number of likely N-dealkylation sites (N-methyl/N-ethyl adjacent to an activating group) is 1. The van der Waals surface area contributed by atoms with Crippen LogP contribution in [0.3, 0.4) is 0 Å². The fraction of sp³-hybridized carbons (Fsp3) is 0.778. The Labute approximate surface area is 88.4 Å². The molecule has 1 fully saturated rings. The smallest absolute Gasteiger partial charge is 0.317 e. The molecule has 15 heavy (non-hydrogen) atoms. The van der Waals surface area contributed by atoms with Crippen LogP contribution in [-0.2, 0) is 9.59 Å². The summed E-state index contributed by atoms with van der Waals surface area (Å²) < 4.78 is 0. The average Bonchev–Trinajstić information content (AvgIpc) is 2.65. The van der Waals surface area contributed by atoms with E-state index in [-0.39, 0.29) is 24.5 Å². The van der Waals surface area contributed by atoms with Crippen LogP contribution in [0, 0.1) is 0 Å².